The summed E-state index contributed by atoms with van der Waals surface area (Å²) < 4.78 is 0. The van der Waals surface area contributed by atoms with Crippen molar-refractivity contribution < 1.29 is 4.79 Å². The highest BCUT2D eigenvalue weighted by Gasteiger charge is 2.17. The third-order valence-electron chi connectivity index (χ3n) is 5.71. The predicted octanol–water partition coefficient (Wildman–Crippen LogP) is 1.74. The number of carbonyl (C=O) groups excluding carboxylic acids is 1. The van der Waals surface area contributed by atoms with E-state index in [1.165, 1.54) is 0 Å². The lowest BCUT2D eigenvalue weighted by atomic mass is 10.0. The number of hydrogen-bond acceptors (Lipinski definition) is 1. The summed E-state index contributed by atoms with van der Waals surface area (Å²) in [4.78, 5) is 26.6. The van der Waals surface area contributed by atoms with Crippen LogP contribution in [0.2, 0.25) is 0 Å². The van der Waals surface area contributed by atoms with Gasteiger partial charge in [0.25, 0.3) is 0 Å². The van der Waals surface area contributed by atoms with Crippen LogP contribution in [0.5, 0.6) is 0 Å². The van der Waals surface area contributed by atoms with E-state index in [1.807, 2.05) is 36.4 Å². The average molecular weight is 404 g/mol. The van der Waals surface area contributed by atoms with Crippen molar-refractivity contribution in [2.24, 2.45) is 0 Å². The first kappa shape index (κ1) is 17.6. The maximum absolute atomic E-state index is 12.8. The summed E-state index contributed by atoms with van der Waals surface area (Å²) in [5.74, 6) is 0.00647. The zero-order valence-electron chi connectivity index (χ0n) is 16.9. The minimum absolute atomic E-state index is 0.00647. The molecule has 4 aromatic heterocycles. The van der Waals surface area contributed by atoms with E-state index in [4.69, 9.17) is 0 Å². The summed E-state index contributed by atoms with van der Waals surface area (Å²) in [6, 6.07) is 20.3. The van der Waals surface area contributed by atoms with Crippen molar-refractivity contribution in [2.75, 3.05) is 0 Å². The van der Waals surface area contributed by atoms with Crippen LogP contribution in [0, 0.1) is 0 Å². The first-order valence-corrected chi connectivity index (χ1v) is 10.2. The molecule has 1 aliphatic rings. The Bertz CT molecular complexity index is 1720. The Kier molecular flexibility index (Phi) is 3.77. The summed E-state index contributed by atoms with van der Waals surface area (Å²) in [5.41, 5.74) is 4.44. The molecule has 5 heteroatoms. The number of benzene rings is 1. The maximum atomic E-state index is 12.8. The lowest BCUT2D eigenvalue weighted by Crippen LogP contribution is -2.17. The fourth-order valence-corrected chi connectivity index (χ4v) is 4.35. The number of nitrogens with one attached hydrogen (secondary N) is 4. The standard InChI is InChI=1S/C26H20N4O/c1-15(31)25-23-11-10-19(29-23)13-18-7-6-16(27-18)12-17-8-9-20(28-17)14-24-21-4-2-3-5-22(21)26(25)30-24/h2-14,27-30H,1H3. The zero-order chi connectivity index (χ0) is 20.9. The third kappa shape index (κ3) is 2.99. The molecule has 5 nitrogen and oxygen atoms in total. The maximum Gasteiger partial charge on any atom is 0.164 e. The molecular formula is C26H20N4O. The molecule has 0 aliphatic carbocycles. The molecule has 1 aromatic carbocycles. The molecule has 0 spiro atoms. The van der Waals surface area contributed by atoms with Crippen molar-refractivity contribution in [2.45, 2.75) is 6.92 Å². The summed E-state index contributed by atoms with van der Waals surface area (Å²) >= 11 is 0. The second kappa shape index (κ2) is 6.64. The van der Waals surface area contributed by atoms with Gasteiger partial charge in [-0.1, -0.05) is 24.3 Å². The minimum Gasteiger partial charge on any atom is -0.355 e. The largest absolute Gasteiger partial charge is 0.355 e. The third-order valence-corrected chi connectivity index (χ3v) is 5.71. The van der Waals surface area contributed by atoms with E-state index in [2.05, 4.69) is 62.4 Å². The van der Waals surface area contributed by atoms with Crippen LogP contribution in [0.4, 0.5) is 0 Å². The van der Waals surface area contributed by atoms with Gasteiger partial charge >= 0.3 is 0 Å². The number of Topliss-reactive ketones (excluding diaryl/α,β-unsaturated/α-hetero) is 1. The number of ketones is 1. The number of rotatable bonds is 1. The number of carbonyl (C=O) groups is 1. The molecule has 31 heavy (non-hydrogen) atoms. The molecule has 4 N–H and O–H groups in total. The van der Waals surface area contributed by atoms with Gasteiger partial charge in [-0.05, 0) is 61.5 Å². The Balaban J connectivity index is 1.77. The summed E-state index contributed by atoms with van der Waals surface area (Å²) in [6.45, 7) is 1.61. The van der Waals surface area contributed by atoms with Crippen molar-refractivity contribution in [3.63, 3.8) is 0 Å². The van der Waals surface area contributed by atoms with Crippen LogP contribution < -0.4 is 21.4 Å². The zero-order valence-corrected chi connectivity index (χ0v) is 16.9. The van der Waals surface area contributed by atoms with Gasteiger partial charge in [-0.3, -0.25) is 4.79 Å². The van der Waals surface area contributed by atoms with Crippen LogP contribution in [0.3, 0.4) is 0 Å². The molecule has 1 aliphatic heterocycles. The Morgan fingerprint density at radius 2 is 1.29 bits per heavy atom. The first-order valence-electron chi connectivity index (χ1n) is 10.2. The van der Waals surface area contributed by atoms with E-state index in [9.17, 15) is 4.79 Å². The highest BCUT2D eigenvalue weighted by molar-refractivity contribution is 6.22. The van der Waals surface area contributed by atoms with E-state index in [-0.39, 0.29) is 5.78 Å². The molecule has 0 unspecified atom stereocenters. The molecular weight excluding hydrogens is 384 g/mol. The summed E-state index contributed by atoms with van der Waals surface area (Å²) in [7, 11) is 0. The van der Waals surface area contributed by atoms with E-state index < -0.39 is 0 Å². The molecule has 5 heterocycles. The monoisotopic (exact) mass is 404 g/mol. The van der Waals surface area contributed by atoms with Gasteiger partial charge in [-0.2, -0.15) is 0 Å². The number of aromatic amines is 4. The molecule has 8 bridgehead atoms. The predicted molar refractivity (Wildman–Crippen MR) is 123 cm³/mol. The van der Waals surface area contributed by atoms with Crippen LogP contribution in [-0.2, 0) is 4.79 Å². The molecule has 6 rings (SSSR count). The van der Waals surface area contributed by atoms with Gasteiger partial charge in [0, 0.05) is 43.9 Å². The number of fused-ring (bicyclic) bond motifs is 11. The summed E-state index contributed by atoms with van der Waals surface area (Å²) in [5, 5.41) is 5.83. The molecule has 0 fully saturated rings. The Morgan fingerprint density at radius 3 is 2.03 bits per heavy atom. The van der Waals surface area contributed by atoms with Crippen LogP contribution in [0.1, 0.15) is 29.7 Å². The fraction of sp³-hybridized carbons (Fsp3) is 0.0385. The van der Waals surface area contributed by atoms with Crippen molar-refractivity contribution in [1.29, 1.82) is 0 Å². The lowest BCUT2D eigenvalue weighted by Gasteiger charge is -2.01. The Labute approximate surface area is 177 Å². The topological polar surface area (TPSA) is 80.2 Å². The van der Waals surface area contributed by atoms with Crippen LogP contribution in [0.15, 0.2) is 60.7 Å². The van der Waals surface area contributed by atoms with Gasteiger partial charge < -0.3 is 19.9 Å². The Hall–Kier alpha value is -4.25. The minimum atomic E-state index is 0.00647. The van der Waals surface area contributed by atoms with Crippen molar-refractivity contribution in [3.05, 3.63) is 105 Å². The molecule has 0 saturated heterocycles. The fourth-order valence-electron chi connectivity index (χ4n) is 4.35. The van der Waals surface area contributed by atoms with Crippen LogP contribution >= 0.6 is 0 Å². The number of aromatic nitrogens is 4. The van der Waals surface area contributed by atoms with Gasteiger partial charge in [0.05, 0.1) is 16.6 Å². The molecule has 0 saturated carbocycles. The van der Waals surface area contributed by atoms with E-state index in [1.54, 1.807) is 6.92 Å². The number of hydrogen-bond donors (Lipinski definition) is 4. The second-order valence-corrected chi connectivity index (χ2v) is 7.89. The van der Waals surface area contributed by atoms with Gasteiger partial charge in [-0.25, -0.2) is 0 Å². The molecule has 0 amide bonds. The number of H-pyrrole nitrogens is 4. The molecule has 5 aromatic rings. The highest BCUT2D eigenvalue weighted by atomic mass is 16.1. The molecule has 0 atom stereocenters. The van der Waals surface area contributed by atoms with Gasteiger partial charge in [-0.15, -0.1) is 0 Å². The van der Waals surface area contributed by atoms with Crippen molar-refractivity contribution >= 4 is 40.4 Å². The second-order valence-electron chi connectivity index (χ2n) is 7.89. The van der Waals surface area contributed by atoms with Gasteiger partial charge in [0.15, 0.2) is 5.78 Å². The summed E-state index contributed by atoms with van der Waals surface area (Å²) in [6.07, 6.45) is 6.21. The van der Waals surface area contributed by atoms with Crippen molar-refractivity contribution in [1.82, 2.24) is 19.9 Å². The van der Waals surface area contributed by atoms with E-state index in [0.29, 0.717) is 5.57 Å². The quantitative estimate of drug-likeness (QED) is 0.337. The van der Waals surface area contributed by atoms with Gasteiger partial charge in [0.1, 0.15) is 0 Å². The van der Waals surface area contributed by atoms with Crippen LogP contribution in [0.25, 0.3) is 34.6 Å². The highest BCUT2D eigenvalue weighted by Crippen LogP contribution is 2.27. The molecule has 150 valence electrons. The smallest absolute Gasteiger partial charge is 0.164 e. The van der Waals surface area contributed by atoms with Crippen LogP contribution in [-0.4, -0.2) is 25.7 Å². The Morgan fingerprint density at radius 1 is 0.645 bits per heavy atom. The SMILES string of the molecule is CC(=O)C1=c2ccc([nH]2)=Cc2ccc([nH]2)C=c2ccc([nH]2)=Cc2[nH]c1c1ccccc21. The average Bonchev–Trinajstić information content (AvgIpc) is 3.53. The molecule has 0 radical (unpaired) electrons. The van der Waals surface area contributed by atoms with Gasteiger partial charge in [0.2, 0.25) is 0 Å². The lowest BCUT2D eigenvalue weighted by molar-refractivity contribution is -0.111. The van der Waals surface area contributed by atoms with E-state index >= 15 is 0 Å². The van der Waals surface area contributed by atoms with Crippen molar-refractivity contribution in [3.8, 4) is 0 Å². The normalized spacial score (nSPS) is 12.9. The first-order chi connectivity index (χ1) is 15.1. The van der Waals surface area contributed by atoms with E-state index in [0.717, 1.165) is 54.9 Å².